The molecule has 2 aromatic rings. The van der Waals surface area contributed by atoms with E-state index >= 15 is 0 Å². The van der Waals surface area contributed by atoms with E-state index in [0.29, 0.717) is 12.1 Å². The molecule has 1 fully saturated rings. The molecule has 0 atom stereocenters. The second-order valence-corrected chi connectivity index (χ2v) is 7.61. The first-order valence-electron chi connectivity index (χ1n) is 8.01. The number of carbonyl (C=O) groups excluding carboxylic acids is 1. The van der Waals surface area contributed by atoms with Crippen LogP contribution in [0.25, 0.3) is 0 Å². The Morgan fingerprint density at radius 3 is 2.32 bits per heavy atom. The molecule has 0 saturated heterocycles. The molecule has 1 amide bonds. The van der Waals surface area contributed by atoms with Crippen LogP contribution in [0.3, 0.4) is 0 Å². The van der Waals surface area contributed by atoms with Gasteiger partial charge in [-0.05, 0) is 42.7 Å². The third kappa shape index (κ3) is 4.25. The molecule has 0 aromatic heterocycles. The van der Waals surface area contributed by atoms with Gasteiger partial charge in [0.15, 0.2) is 0 Å². The fourth-order valence-corrected chi connectivity index (χ4v) is 3.44. The normalized spacial score (nSPS) is 14.3. The number of hydrogen-bond acceptors (Lipinski definition) is 4. The number of carbonyl (C=O) groups is 1. The number of benzene rings is 2. The minimum Gasteiger partial charge on any atom is -0.331 e. The average Bonchev–Trinajstić information content (AvgIpc) is 3.45. The van der Waals surface area contributed by atoms with Crippen molar-refractivity contribution in [2.24, 2.45) is 0 Å². The molecule has 1 saturated carbocycles. The van der Waals surface area contributed by atoms with Crippen molar-refractivity contribution in [3.05, 3.63) is 65.7 Å². The highest BCUT2D eigenvalue weighted by Crippen LogP contribution is 2.30. The molecule has 6 nitrogen and oxygen atoms in total. The SMILES string of the molecule is CONS(=O)(=O)c1ccc(C(=O)N(Cc2ccccc2)C2CC2)cc1. The molecule has 25 heavy (non-hydrogen) atoms. The van der Waals surface area contributed by atoms with Gasteiger partial charge in [-0.3, -0.25) is 9.63 Å². The van der Waals surface area contributed by atoms with Gasteiger partial charge in [0, 0.05) is 18.2 Å². The first-order valence-corrected chi connectivity index (χ1v) is 9.49. The molecule has 0 aliphatic heterocycles. The minimum atomic E-state index is -3.72. The van der Waals surface area contributed by atoms with Crippen LogP contribution in [0.1, 0.15) is 28.8 Å². The lowest BCUT2D eigenvalue weighted by Gasteiger charge is -2.23. The second-order valence-electron chi connectivity index (χ2n) is 5.97. The van der Waals surface area contributed by atoms with Crippen molar-refractivity contribution in [1.82, 2.24) is 9.79 Å². The van der Waals surface area contributed by atoms with E-state index in [1.165, 1.54) is 31.4 Å². The molecule has 0 radical (unpaired) electrons. The van der Waals surface area contributed by atoms with E-state index in [1.807, 2.05) is 40.1 Å². The Balaban J connectivity index is 1.78. The number of sulfonamides is 1. The number of amides is 1. The monoisotopic (exact) mass is 360 g/mol. The van der Waals surface area contributed by atoms with Gasteiger partial charge in [0.1, 0.15) is 0 Å². The second kappa shape index (κ2) is 7.35. The van der Waals surface area contributed by atoms with Crippen LogP contribution in [-0.2, 0) is 21.4 Å². The quantitative estimate of drug-likeness (QED) is 0.769. The summed E-state index contributed by atoms with van der Waals surface area (Å²) in [7, 11) is -2.49. The lowest BCUT2D eigenvalue weighted by atomic mass is 10.1. The number of rotatable bonds is 7. The molecular formula is C18H20N2O4S. The lowest BCUT2D eigenvalue weighted by Crippen LogP contribution is -2.32. The molecule has 1 aliphatic rings. The Labute approximate surface area is 147 Å². The fraction of sp³-hybridized carbons (Fsp3) is 0.278. The summed E-state index contributed by atoms with van der Waals surface area (Å²) in [5.41, 5.74) is 1.55. The summed E-state index contributed by atoms with van der Waals surface area (Å²) in [5, 5.41) is 0. The zero-order valence-electron chi connectivity index (χ0n) is 13.9. The highest BCUT2D eigenvalue weighted by atomic mass is 32.2. The summed E-state index contributed by atoms with van der Waals surface area (Å²) in [4.78, 5) is 21.2. The minimum absolute atomic E-state index is 0.0481. The molecule has 0 bridgehead atoms. The van der Waals surface area contributed by atoms with Crippen LogP contribution in [0.5, 0.6) is 0 Å². The van der Waals surface area contributed by atoms with Crippen LogP contribution in [0, 0.1) is 0 Å². The molecule has 0 heterocycles. The van der Waals surface area contributed by atoms with E-state index in [0.717, 1.165) is 18.4 Å². The number of nitrogens with zero attached hydrogens (tertiary/aromatic N) is 1. The molecule has 7 heteroatoms. The van der Waals surface area contributed by atoms with E-state index in [4.69, 9.17) is 0 Å². The highest BCUT2D eigenvalue weighted by molar-refractivity contribution is 7.89. The Bertz CT molecular complexity index is 831. The summed E-state index contributed by atoms with van der Waals surface area (Å²) in [5.74, 6) is -0.0880. The van der Waals surface area contributed by atoms with E-state index in [2.05, 4.69) is 4.84 Å². The summed E-state index contributed by atoms with van der Waals surface area (Å²) < 4.78 is 23.8. The van der Waals surface area contributed by atoms with Gasteiger partial charge in [-0.25, -0.2) is 8.42 Å². The van der Waals surface area contributed by atoms with E-state index in [9.17, 15) is 13.2 Å². The predicted molar refractivity (Wildman–Crippen MR) is 93.1 cm³/mol. The van der Waals surface area contributed by atoms with Crippen molar-refractivity contribution in [3.63, 3.8) is 0 Å². The summed E-state index contributed by atoms with van der Waals surface area (Å²) in [6.07, 6.45) is 2.01. The van der Waals surface area contributed by atoms with Gasteiger partial charge in [-0.2, -0.15) is 0 Å². The topological polar surface area (TPSA) is 75.7 Å². The van der Waals surface area contributed by atoms with Crippen LogP contribution >= 0.6 is 0 Å². The highest BCUT2D eigenvalue weighted by Gasteiger charge is 2.33. The zero-order chi connectivity index (χ0) is 17.9. The zero-order valence-corrected chi connectivity index (χ0v) is 14.7. The Kier molecular flexibility index (Phi) is 5.17. The summed E-state index contributed by atoms with van der Waals surface area (Å²) in [6, 6.07) is 16.0. The molecule has 0 spiro atoms. The third-order valence-electron chi connectivity index (χ3n) is 4.05. The molecule has 132 valence electrons. The van der Waals surface area contributed by atoms with Crippen LogP contribution in [-0.4, -0.2) is 32.4 Å². The molecule has 1 aliphatic carbocycles. The first-order chi connectivity index (χ1) is 12.0. The van der Waals surface area contributed by atoms with Crippen LogP contribution in [0.15, 0.2) is 59.5 Å². The maximum Gasteiger partial charge on any atom is 0.262 e. The van der Waals surface area contributed by atoms with E-state index in [1.54, 1.807) is 0 Å². The average molecular weight is 360 g/mol. The van der Waals surface area contributed by atoms with Crippen molar-refractivity contribution in [3.8, 4) is 0 Å². The van der Waals surface area contributed by atoms with Crippen molar-refractivity contribution < 1.29 is 18.0 Å². The Hall–Kier alpha value is -2.22. The van der Waals surface area contributed by atoms with Gasteiger partial charge in [0.2, 0.25) is 0 Å². The van der Waals surface area contributed by atoms with Gasteiger partial charge in [-0.15, -0.1) is 0 Å². The van der Waals surface area contributed by atoms with Crippen LogP contribution < -0.4 is 4.89 Å². The largest absolute Gasteiger partial charge is 0.331 e. The maximum atomic E-state index is 12.9. The Morgan fingerprint density at radius 1 is 1.12 bits per heavy atom. The van der Waals surface area contributed by atoms with Crippen molar-refractivity contribution in [2.45, 2.75) is 30.3 Å². The van der Waals surface area contributed by atoms with Gasteiger partial charge in [0.05, 0.1) is 12.0 Å². The smallest absolute Gasteiger partial charge is 0.262 e. The summed E-state index contributed by atoms with van der Waals surface area (Å²) >= 11 is 0. The van der Waals surface area contributed by atoms with Crippen molar-refractivity contribution in [1.29, 1.82) is 0 Å². The first kappa shape index (κ1) is 17.6. The van der Waals surface area contributed by atoms with Gasteiger partial charge < -0.3 is 4.90 Å². The van der Waals surface area contributed by atoms with Crippen molar-refractivity contribution >= 4 is 15.9 Å². The lowest BCUT2D eigenvalue weighted by molar-refractivity contribution is 0.0730. The molecule has 1 N–H and O–H groups in total. The van der Waals surface area contributed by atoms with Crippen LogP contribution in [0.2, 0.25) is 0 Å². The summed E-state index contributed by atoms with van der Waals surface area (Å²) in [6.45, 7) is 0.551. The number of hydrogen-bond donors (Lipinski definition) is 1. The molecule has 2 aromatic carbocycles. The van der Waals surface area contributed by atoms with Gasteiger partial charge >= 0.3 is 0 Å². The van der Waals surface area contributed by atoms with Gasteiger partial charge in [0.25, 0.3) is 15.9 Å². The van der Waals surface area contributed by atoms with E-state index in [-0.39, 0.29) is 16.8 Å². The van der Waals surface area contributed by atoms with E-state index < -0.39 is 10.0 Å². The fourth-order valence-electron chi connectivity index (χ4n) is 2.63. The predicted octanol–water partition coefficient (Wildman–Crippen LogP) is 2.33. The molecular weight excluding hydrogens is 340 g/mol. The molecule has 3 rings (SSSR count). The van der Waals surface area contributed by atoms with Crippen LogP contribution in [0.4, 0.5) is 0 Å². The maximum absolute atomic E-state index is 12.9. The van der Waals surface area contributed by atoms with Gasteiger partial charge in [-0.1, -0.05) is 35.2 Å². The van der Waals surface area contributed by atoms with Crippen molar-refractivity contribution in [2.75, 3.05) is 7.11 Å². The third-order valence-corrected chi connectivity index (χ3v) is 5.33. The number of nitrogens with one attached hydrogen (secondary N) is 1. The Morgan fingerprint density at radius 2 is 1.76 bits per heavy atom. The standard InChI is InChI=1S/C18H20N2O4S/c1-24-19-25(22,23)17-11-7-15(8-12-17)18(21)20(16-9-10-16)13-14-5-3-2-4-6-14/h2-8,11-12,16,19H,9-10,13H2,1H3. The molecule has 0 unspecified atom stereocenters.